The number of hydrogen-bond donors (Lipinski definition) is 0. The number of allylic oxidation sites excluding steroid dienone is 6. The van der Waals surface area contributed by atoms with E-state index in [0.29, 0.717) is 12.2 Å². The molecule has 0 unspecified atom stereocenters. The molecule has 0 aliphatic heterocycles. The lowest BCUT2D eigenvalue weighted by Crippen LogP contribution is -1.91. The predicted molar refractivity (Wildman–Crippen MR) is 69.4 cm³/mol. The van der Waals surface area contributed by atoms with Crippen LogP contribution in [0.15, 0.2) is 36.0 Å². The van der Waals surface area contributed by atoms with Gasteiger partial charge in [-0.05, 0) is 39.0 Å². The second-order valence-corrected chi connectivity index (χ2v) is 4.23. The standard InChI is InChI=1S/C15H22O/c1-2-3-4-5-6-7-8-9-11-14-12-10-13-15(14)16/h2-3,9,11-12H,4-8,10,13H2,1H3/b3-2+,11-9+. The van der Waals surface area contributed by atoms with E-state index in [1.54, 1.807) is 0 Å². The molecular weight excluding hydrogens is 196 g/mol. The van der Waals surface area contributed by atoms with Crippen molar-refractivity contribution in [1.82, 2.24) is 0 Å². The van der Waals surface area contributed by atoms with Crippen molar-refractivity contribution in [2.45, 2.75) is 51.9 Å². The van der Waals surface area contributed by atoms with Crippen LogP contribution in [0.2, 0.25) is 0 Å². The maximum Gasteiger partial charge on any atom is 0.162 e. The zero-order valence-electron chi connectivity index (χ0n) is 10.2. The number of unbranched alkanes of at least 4 members (excludes halogenated alkanes) is 4. The fourth-order valence-corrected chi connectivity index (χ4v) is 1.86. The van der Waals surface area contributed by atoms with Crippen molar-refractivity contribution in [3.8, 4) is 0 Å². The van der Waals surface area contributed by atoms with Gasteiger partial charge >= 0.3 is 0 Å². The van der Waals surface area contributed by atoms with E-state index in [2.05, 4.69) is 25.2 Å². The summed E-state index contributed by atoms with van der Waals surface area (Å²) in [5, 5.41) is 0. The Bertz CT molecular complexity index is 295. The minimum atomic E-state index is 0.310. The van der Waals surface area contributed by atoms with E-state index in [1.165, 1.54) is 25.7 Å². The molecule has 1 aliphatic rings. The average Bonchev–Trinajstić information content (AvgIpc) is 2.68. The van der Waals surface area contributed by atoms with Crippen LogP contribution in [0, 0.1) is 0 Å². The van der Waals surface area contributed by atoms with Gasteiger partial charge in [0.2, 0.25) is 0 Å². The highest BCUT2D eigenvalue weighted by atomic mass is 16.1. The third-order valence-corrected chi connectivity index (χ3v) is 2.83. The molecule has 88 valence electrons. The van der Waals surface area contributed by atoms with E-state index in [1.807, 2.05) is 12.2 Å². The third kappa shape index (κ3) is 5.11. The molecule has 1 heteroatoms. The normalized spacial score (nSPS) is 16.6. The van der Waals surface area contributed by atoms with Gasteiger partial charge in [0.25, 0.3) is 0 Å². The molecule has 0 fully saturated rings. The Balaban J connectivity index is 2.02. The first-order valence-corrected chi connectivity index (χ1v) is 6.35. The molecular formula is C15H22O. The molecule has 0 atom stereocenters. The maximum absolute atomic E-state index is 11.3. The molecule has 16 heavy (non-hydrogen) atoms. The Morgan fingerprint density at radius 3 is 2.56 bits per heavy atom. The largest absolute Gasteiger partial charge is 0.294 e. The minimum absolute atomic E-state index is 0.310. The monoisotopic (exact) mass is 218 g/mol. The van der Waals surface area contributed by atoms with Crippen molar-refractivity contribution in [2.24, 2.45) is 0 Å². The Morgan fingerprint density at radius 2 is 1.94 bits per heavy atom. The molecule has 0 aromatic heterocycles. The fourth-order valence-electron chi connectivity index (χ4n) is 1.86. The molecule has 1 aliphatic carbocycles. The van der Waals surface area contributed by atoms with Gasteiger partial charge in [-0.25, -0.2) is 0 Å². The Kier molecular flexibility index (Phi) is 6.55. The van der Waals surface area contributed by atoms with Gasteiger partial charge in [0.05, 0.1) is 0 Å². The average molecular weight is 218 g/mol. The van der Waals surface area contributed by atoms with Crippen LogP contribution < -0.4 is 0 Å². The molecule has 0 aromatic rings. The van der Waals surface area contributed by atoms with Gasteiger partial charge < -0.3 is 0 Å². The smallest absolute Gasteiger partial charge is 0.162 e. The quantitative estimate of drug-likeness (QED) is 0.458. The van der Waals surface area contributed by atoms with E-state index in [-0.39, 0.29) is 0 Å². The van der Waals surface area contributed by atoms with Crippen molar-refractivity contribution in [2.75, 3.05) is 0 Å². The molecule has 1 rings (SSSR count). The number of ketones is 1. The van der Waals surface area contributed by atoms with Crippen molar-refractivity contribution in [3.05, 3.63) is 36.0 Å². The lowest BCUT2D eigenvalue weighted by atomic mass is 10.1. The molecule has 0 saturated carbocycles. The van der Waals surface area contributed by atoms with Crippen LogP contribution in [-0.2, 0) is 4.79 Å². The van der Waals surface area contributed by atoms with Crippen LogP contribution in [0.3, 0.4) is 0 Å². The summed E-state index contributed by atoms with van der Waals surface area (Å²) in [6.45, 7) is 2.06. The van der Waals surface area contributed by atoms with E-state index < -0.39 is 0 Å². The van der Waals surface area contributed by atoms with Gasteiger partial charge in [0.15, 0.2) is 5.78 Å². The molecule has 0 heterocycles. The van der Waals surface area contributed by atoms with E-state index in [0.717, 1.165) is 18.4 Å². The highest BCUT2D eigenvalue weighted by Gasteiger charge is 2.10. The summed E-state index contributed by atoms with van der Waals surface area (Å²) in [5.41, 5.74) is 0.925. The molecule has 1 nitrogen and oxygen atoms in total. The predicted octanol–water partition coefficient (Wildman–Crippen LogP) is 4.36. The number of rotatable bonds is 7. The number of Topliss-reactive ketones (excluding diaryl/α,β-unsaturated/α-hetero) is 1. The summed E-state index contributed by atoms with van der Waals surface area (Å²) in [6.07, 6.45) is 18.2. The van der Waals surface area contributed by atoms with Crippen LogP contribution in [0.1, 0.15) is 51.9 Å². The molecule has 0 saturated heterocycles. The lowest BCUT2D eigenvalue weighted by molar-refractivity contribution is -0.114. The number of carbonyl (C=O) groups is 1. The van der Waals surface area contributed by atoms with Gasteiger partial charge in [0.1, 0.15) is 0 Å². The summed E-state index contributed by atoms with van der Waals surface area (Å²) < 4.78 is 0. The van der Waals surface area contributed by atoms with Crippen LogP contribution >= 0.6 is 0 Å². The van der Waals surface area contributed by atoms with Crippen molar-refractivity contribution >= 4 is 5.78 Å². The van der Waals surface area contributed by atoms with Crippen molar-refractivity contribution in [1.29, 1.82) is 0 Å². The van der Waals surface area contributed by atoms with Crippen LogP contribution in [0.4, 0.5) is 0 Å². The lowest BCUT2D eigenvalue weighted by Gasteiger charge is -1.95. The SMILES string of the molecule is C/C=C/CCCCC/C=C/C1=CCCC1=O. The molecule has 0 radical (unpaired) electrons. The van der Waals surface area contributed by atoms with Gasteiger partial charge in [-0.1, -0.05) is 36.8 Å². The maximum atomic E-state index is 11.3. The van der Waals surface area contributed by atoms with E-state index in [4.69, 9.17) is 0 Å². The van der Waals surface area contributed by atoms with Gasteiger partial charge in [0, 0.05) is 12.0 Å². The second kappa shape index (κ2) is 8.09. The topological polar surface area (TPSA) is 17.1 Å². The van der Waals surface area contributed by atoms with Crippen molar-refractivity contribution in [3.63, 3.8) is 0 Å². The summed E-state index contributed by atoms with van der Waals surface area (Å²) >= 11 is 0. The number of carbonyl (C=O) groups excluding carboxylic acids is 1. The second-order valence-electron chi connectivity index (χ2n) is 4.23. The summed E-state index contributed by atoms with van der Waals surface area (Å²) in [4.78, 5) is 11.3. The highest BCUT2D eigenvalue weighted by molar-refractivity contribution is 6.00. The fraction of sp³-hybridized carbons (Fsp3) is 0.533. The summed E-state index contributed by atoms with van der Waals surface area (Å²) in [7, 11) is 0. The summed E-state index contributed by atoms with van der Waals surface area (Å²) in [6, 6.07) is 0. The first-order chi connectivity index (χ1) is 7.84. The Morgan fingerprint density at radius 1 is 1.19 bits per heavy atom. The van der Waals surface area contributed by atoms with Crippen LogP contribution in [-0.4, -0.2) is 5.78 Å². The zero-order valence-corrected chi connectivity index (χ0v) is 10.2. The van der Waals surface area contributed by atoms with Gasteiger partial charge in [-0.3, -0.25) is 4.79 Å². The Hall–Kier alpha value is -1.11. The minimum Gasteiger partial charge on any atom is -0.294 e. The number of hydrogen-bond acceptors (Lipinski definition) is 1. The molecule has 0 bridgehead atoms. The van der Waals surface area contributed by atoms with Crippen LogP contribution in [0.5, 0.6) is 0 Å². The highest BCUT2D eigenvalue weighted by Crippen LogP contribution is 2.15. The molecule has 0 N–H and O–H groups in total. The third-order valence-electron chi connectivity index (χ3n) is 2.83. The Labute approximate surface area is 98.9 Å². The van der Waals surface area contributed by atoms with Gasteiger partial charge in [-0.15, -0.1) is 0 Å². The molecule has 0 spiro atoms. The van der Waals surface area contributed by atoms with Gasteiger partial charge in [-0.2, -0.15) is 0 Å². The zero-order chi connectivity index (χ0) is 11.6. The first-order valence-electron chi connectivity index (χ1n) is 6.35. The first kappa shape index (κ1) is 13.0. The molecule has 0 aromatic carbocycles. The summed E-state index contributed by atoms with van der Waals surface area (Å²) in [5.74, 6) is 0.310. The van der Waals surface area contributed by atoms with E-state index >= 15 is 0 Å². The van der Waals surface area contributed by atoms with E-state index in [9.17, 15) is 4.79 Å². The molecule has 0 amide bonds. The van der Waals surface area contributed by atoms with Crippen LogP contribution in [0.25, 0.3) is 0 Å². The van der Waals surface area contributed by atoms with Crippen molar-refractivity contribution < 1.29 is 4.79 Å².